The monoisotopic (exact) mass is 292 g/mol. The van der Waals surface area contributed by atoms with Gasteiger partial charge in [0.1, 0.15) is 15.4 Å². The third kappa shape index (κ3) is 2.29. The maximum Gasteiger partial charge on any atom is 0.345 e. The molecule has 3 rings (SSSR count). The minimum Gasteiger partial charge on any atom is -0.477 e. The average molecular weight is 292 g/mol. The number of fused-ring (bicyclic) bond motifs is 1. The van der Waals surface area contributed by atoms with Crippen LogP contribution in [0.4, 0.5) is 0 Å². The Morgan fingerprint density at radius 2 is 2.32 bits per heavy atom. The largest absolute Gasteiger partial charge is 0.477 e. The van der Waals surface area contributed by atoms with Gasteiger partial charge in [0.15, 0.2) is 0 Å². The zero-order valence-electron chi connectivity index (χ0n) is 9.54. The molecule has 3 heterocycles. The molecule has 2 N–H and O–H groups in total. The van der Waals surface area contributed by atoms with Gasteiger partial charge in [-0.25, -0.2) is 9.78 Å². The number of aromatic nitrogens is 2. The summed E-state index contributed by atoms with van der Waals surface area (Å²) in [6, 6.07) is 3.40. The zero-order chi connectivity index (χ0) is 13.4. The van der Waals surface area contributed by atoms with Crippen molar-refractivity contribution in [1.82, 2.24) is 9.97 Å². The van der Waals surface area contributed by atoms with Gasteiger partial charge >= 0.3 is 5.97 Å². The number of hydrogen-bond acceptors (Lipinski definition) is 5. The number of nitrogens with one attached hydrogen (secondary N) is 1. The summed E-state index contributed by atoms with van der Waals surface area (Å²) in [6.45, 7) is 0. The molecule has 0 spiro atoms. The maximum absolute atomic E-state index is 11.9. The van der Waals surface area contributed by atoms with E-state index in [1.165, 1.54) is 6.07 Å². The molecule has 7 heteroatoms. The fraction of sp³-hybridized carbons (Fsp3) is 0.0833. The van der Waals surface area contributed by atoms with Crippen LogP contribution in [0.1, 0.15) is 21.1 Å². The summed E-state index contributed by atoms with van der Waals surface area (Å²) >= 11 is 2.52. The first-order chi connectivity index (χ1) is 9.13. The molecule has 0 aliphatic rings. The number of hydrogen-bond donors (Lipinski definition) is 2. The topological polar surface area (TPSA) is 83.0 Å². The zero-order valence-corrected chi connectivity index (χ0v) is 11.2. The van der Waals surface area contributed by atoms with Crippen molar-refractivity contribution in [3.05, 3.63) is 49.5 Å². The molecule has 0 unspecified atom stereocenters. The lowest BCUT2D eigenvalue weighted by atomic mass is 10.2. The van der Waals surface area contributed by atoms with Crippen molar-refractivity contribution in [1.29, 1.82) is 0 Å². The maximum atomic E-state index is 11.9. The number of carboxylic acid groups (broad SMARTS) is 1. The fourth-order valence-corrected chi connectivity index (χ4v) is 3.26. The molecule has 0 saturated carbocycles. The van der Waals surface area contributed by atoms with Crippen molar-refractivity contribution >= 4 is 38.9 Å². The normalized spacial score (nSPS) is 10.9. The Morgan fingerprint density at radius 3 is 3.00 bits per heavy atom. The molecule has 5 nitrogen and oxygen atoms in total. The van der Waals surface area contributed by atoms with Crippen molar-refractivity contribution in [2.45, 2.75) is 6.42 Å². The van der Waals surface area contributed by atoms with Crippen LogP contribution in [0.2, 0.25) is 0 Å². The van der Waals surface area contributed by atoms with Crippen LogP contribution in [-0.4, -0.2) is 21.0 Å². The number of nitrogens with zero attached hydrogens (tertiary/aromatic N) is 1. The van der Waals surface area contributed by atoms with E-state index in [9.17, 15) is 9.59 Å². The lowest BCUT2D eigenvalue weighted by Gasteiger charge is -1.98. The Kier molecular flexibility index (Phi) is 2.92. The summed E-state index contributed by atoms with van der Waals surface area (Å²) in [6.07, 6.45) is 0.535. The average Bonchev–Trinajstić information content (AvgIpc) is 2.97. The minimum atomic E-state index is -1.04. The molecule has 0 radical (unpaired) electrons. The molecule has 0 aliphatic heterocycles. The molecular formula is C12H8N2O3S2. The summed E-state index contributed by atoms with van der Waals surface area (Å²) in [5.74, 6) is -0.493. The van der Waals surface area contributed by atoms with Gasteiger partial charge in [0, 0.05) is 6.42 Å². The Morgan fingerprint density at radius 1 is 1.47 bits per heavy atom. The van der Waals surface area contributed by atoms with E-state index in [-0.39, 0.29) is 10.4 Å². The standard InChI is InChI=1S/C12H8N2O3S2/c15-11-10-7(4-8(19-10)12(16)17)13-9(14-11)3-6-1-2-18-5-6/h1-2,4-5H,3H2,(H,16,17)(H,13,14,15). The first-order valence-electron chi connectivity index (χ1n) is 5.40. The molecule has 0 amide bonds. The number of carbonyl (C=O) groups is 1. The number of thiophene rings is 2. The number of aromatic amines is 1. The van der Waals surface area contributed by atoms with Crippen LogP contribution in [0.3, 0.4) is 0 Å². The molecule has 3 aromatic heterocycles. The van der Waals surface area contributed by atoms with E-state index in [0.29, 0.717) is 22.5 Å². The molecule has 3 aromatic rings. The number of H-pyrrole nitrogens is 1. The van der Waals surface area contributed by atoms with E-state index in [4.69, 9.17) is 5.11 Å². The van der Waals surface area contributed by atoms with Gasteiger partial charge < -0.3 is 10.1 Å². The van der Waals surface area contributed by atoms with Gasteiger partial charge in [-0.3, -0.25) is 4.79 Å². The SMILES string of the molecule is O=C(O)c1cc2nc(Cc3ccsc3)[nH]c(=O)c2s1. The Hall–Kier alpha value is -1.99. The highest BCUT2D eigenvalue weighted by atomic mass is 32.1. The van der Waals surface area contributed by atoms with Crippen LogP contribution in [0.15, 0.2) is 27.7 Å². The predicted molar refractivity (Wildman–Crippen MR) is 74.3 cm³/mol. The first kappa shape index (κ1) is 12.1. The fourth-order valence-electron chi connectivity index (χ4n) is 1.76. The Bertz CT molecular complexity index is 802. The van der Waals surface area contributed by atoms with Crippen molar-refractivity contribution in [3.63, 3.8) is 0 Å². The van der Waals surface area contributed by atoms with Crippen molar-refractivity contribution in [3.8, 4) is 0 Å². The Labute approximate surface area is 115 Å². The number of aromatic carboxylic acids is 1. The van der Waals surface area contributed by atoms with Crippen molar-refractivity contribution < 1.29 is 9.90 Å². The van der Waals surface area contributed by atoms with Crippen LogP contribution in [-0.2, 0) is 6.42 Å². The highest BCUT2D eigenvalue weighted by Crippen LogP contribution is 2.21. The molecule has 0 aliphatic carbocycles. The highest BCUT2D eigenvalue weighted by Gasteiger charge is 2.13. The van der Waals surface area contributed by atoms with Gasteiger partial charge in [0.05, 0.1) is 5.52 Å². The van der Waals surface area contributed by atoms with Gasteiger partial charge in [-0.15, -0.1) is 11.3 Å². The highest BCUT2D eigenvalue weighted by molar-refractivity contribution is 7.20. The quantitative estimate of drug-likeness (QED) is 0.776. The summed E-state index contributed by atoms with van der Waals surface area (Å²) < 4.78 is 0.353. The van der Waals surface area contributed by atoms with E-state index >= 15 is 0 Å². The number of rotatable bonds is 3. The summed E-state index contributed by atoms with van der Waals surface area (Å²) in [7, 11) is 0. The third-order valence-corrected chi connectivity index (χ3v) is 4.44. The second kappa shape index (κ2) is 4.60. The van der Waals surface area contributed by atoms with Gasteiger partial charge in [-0.05, 0) is 28.5 Å². The van der Waals surface area contributed by atoms with E-state index in [0.717, 1.165) is 16.9 Å². The van der Waals surface area contributed by atoms with Crippen molar-refractivity contribution in [2.24, 2.45) is 0 Å². The van der Waals surface area contributed by atoms with E-state index in [1.807, 2.05) is 16.8 Å². The van der Waals surface area contributed by atoms with Gasteiger partial charge in [-0.1, -0.05) is 0 Å². The molecule has 96 valence electrons. The smallest absolute Gasteiger partial charge is 0.345 e. The first-order valence-corrected chi connectivity index (χ1v) is 7.16. The summed E-state index contributed by atoms with van der Waals surface area (Å²) in [5, 5.41) is 12.9. The predicted octanol–water partition coefficient (Wildman–Crippen LogP) is 2.34. The lowest BCUT2D eigenvalue weighted by Crippen LogP contribution is -2.10. The lowest BCUT2D eigenvalue weighted by molar-refractivity contribution is 0.0702. The molecular weight excluding hydrogens is 284 g/mol. The van der Waals surface area contributed by atoms with E-state index < -0.39 is 5.97 Å². The van der Waals surface area contributed by atoms with Crippen molar-refractivity contribution in [2.75, 3.05) is 0 Å². The third-order valence-electron chi connectivity index (χ3n) is 2.59. The Balaban J connectivity index is 2.08. The summed E-state index contributed by atoms with van der Waals surface area (Å²) in [4.78, 5) is 29.9. The molecule has 0 atom stereocenters. The van der Waals surface area contributed by atoms with E-state index in [1.54, 1.807) is 11.3 Å². The molecule has 19 heavy (non-hydrogen) atoms. The van der Waals surface area contributed by atoms with Gasteiger partial charge in [0.25, 0.3) is 5.56 Å². The molecule has 0 bridgehead atoms. The summed E-state index contributed by atoms with van der Waals surface area (Å²) in [5.41, 5.74) is 1.23. The van der Waals surface area contributed by atoms with Gasteiger partial charge in [0.2, 0.25) is 0 Å². The van der Waals surface area contributed by atoms with Crippen LogP contribution in [0.5, 0.6) is 0 Å². The van der Waals surface area contributed by atoms with E-state index in [2.05, 4.69) is 9.97 Å². The molecule has 0 saturated heterocycles. The van der Waals surface area contributed by atoms with Crippen LogP contribution >= 0.6 is 22.7 Å². The van der Waals surface area contributed by atoms with Crippen LogP contribution < -0.4 is 5.56 Å². The second-order valence-corrected chi connectivity index (χ2v) is 5.78. The second-order valence-electron chi connectivity index (χ2n) is 3.95. The number of carboxylic acids is 1. The van der Waals surface area contributed by atoms with Crippen LogP contribution in [0.25, 0.3) is 10.2 Å². The minimum absolute atomic E-state index is 0.126. The van der Waals surface area contributed by atoms with Crippen LogP contribution in [0, 0.1) is 0 Å². The molecule has 0 fully saturated rings. The molecule has 0 aromatic carbocycles. The van der Waals surface area contributed by atoms with Gasteiger partial charge in [-0.2, -0.15) is 11.3 Å².